The average Bonchev–Trinajstić information content (AvgIpc) is 3.13. The summed E-state index contributed by atoms with van der Waals surface area (Å²) in [6.45, 7) is 0. The molecule has 0 saturated heterocycles. The van der Waals surface area contributed by atoms with Gasteiger partial charge in [-0.3, -0.25) is 0 Å². The first-order chi connectivity index (χ1) is 14.3. The summed E-state index contributed by atoms with van der Waals surface area (Å²) in [5.74, 6) is -0.342. The second-order valence-electron chi connectivity index (χ2n) is 6.37. The number of benzene rings is 3. The zero-order valence-corrected chi connectivity index (χ0v) is 16.8. The van der Waals surface area contributed by atoms with Gasteiger partial charge in [-0.15, -0.1) is 11.3 Å². The summed E-state index contributed by atoms with van der Waals surface area (Å²) in [7, 11) is 0. The molecule has 4 aromatic rings. The predicted molar refractivity (Wildman–Crippen MR) is 116 cm³/mol. The molecule has 9 heteroatoms. The molecule has 0 fully saturated rings. The van der Waals surface area contributed by atoms with Gasteiger partial charge in [-0.2, -0.15) is 13.2 Å². The fraction of sp³-hybridized carbons (Fsp3) is 0.0476. The van der Waals surface area contributed by atoms with Gasteiger partial charge in [0.15, 0.2) is 5.11 Å². The third-order valence-corrected chi connectivity index (χ3v) is 5.47. The van der Waals surface area contributed by atoms with Crippen LogP contribution < -0.4 is 10.6 Å². The minimum Gasteiger partial charge on any atom is -0.332 e. The van der Waals surface area contributed by atoms with Crippen molar-refractivity contribution in [2.75, 3.05) is 10.6 Å². The molecule has 0 amide bonds. The zero-order chi connectivity index (χ0) is 21.3. The topological polar surface area (TPSA) is 37.0 Å². The van der Waals surface area contributed by atoms with E-state index in [1.54, 1.807) is 30.3 Å². The summed E-state index contributed by atoms with van der Waals surface area (Å²) in [5, 5.41) is 6.91. The average molecular weight is 447 g/mol. The minimum atomic E-state index is -4.41. The lowest BCUT2D eigenvalue weighted by Gasteiger charge is -2.11. The second-order valence-corrected chi connectivity index (χ2v) is 7.80. The summed E-state index contributed by atoms with van der Waals surface area (Å²) in [4.78, 5) is 4.36. The van der Waals surface area contributed by atoms with Gasteiger partial charge in [-0.1, -0.05) is 12.1 Å². The van der Waals surface area contributed by atoms with E-state index in [9.17, 15) is 17.6 Å². The molecule has 0 bridgehead atoms. The molecule has 3 nitrogen and oxygen atoms in total. The van der Waals surface area contributed by atoms with Gasteiger partial charge >= 0.3 is 6.18 Å². The predicted octanol–water partition coefficient (Wildman–Crippen LogP) is 6.93. The maximum absolute atomic E-state index is 13.0. The number of aromatic nitrogens is 1. The van der Waals surface area contributed by atoms with Gasteiger partial charge < -0.3 is 10.6 Å². The molecule has 30 heavy (non-hydrogen) atoms. The van der Waals surface area contributed by atoms with E-state index in [2.05, 4.69) is 15.6 Å². The number of fused-ring (bicyclic) bond motifs is 1. The molecular formula is C21H13F4N3S2. The first-order valence-electron chi connectivity index (χ1n) is 8.70. The smallest absolute Gasteiger partial charge is 0.332 e. The Balaban J connectivity index is 1.54. The van der Waals surface area contributed by atoms with E-state index in [1.165, 1.54) is 29.5 Å². The van der Waals surface area contributed by atoms with Crippen LogP contribution in [-0.2, 0) is 6.18 Å². The lowest BCUT2D eigenvalue weighted by Crippen LogP contribution is -2.18. The number of hydrogen-bond donors (Lipinski definition) is 2. The minimum absolute atomic E-state index is 0.302. The molecule has 0 unspecified atom stereocenters. The molecule has 2 N–H and O–H groups in total. The van der Waals surface area contributed by atoms with Crippen molar-refractivity contribution < 1.29 is 17.6 Å². The quantitative estimate of drug-likeness (QED) is 0.264. The van der Waals surface area contributed by atoms with Crippen LogP contribution in [-0.4, -0.2) is 10.1 Å². The molecule has 3 aromatic carbocycles. The number of thiocarbonyl (C=S) groups is 1. The van der Waals surface area contributed by atoms with Crippen molar-refractivity contribution in [1.29, 1.82) is 0 Å². The normalized spacial score (nSPS) is 11.5. The van der Waals surface area contributed by atoms with Crippen LogP contribution in [0.1, 0.15) is 5.56 Å². The Kier molecular flexibility index (Phi) is 5.40. The zero-order valence-electron chi connectivity index (χ0n) is 15.1. The Bertz CT molecular complexity index is 1220. The maximum Gasteiger partial charge on any atom is 0.416 e. The number of alkyl halides is 3. The van der Waals surface area contributed by atoms with Gasteiger partial charge in [-0.25, -0.2) is 9.37 Å². The van der Waals surface area contributed by atoms with E-state index < -0.39 is 11.7 Å². The van der Waals surface area contributed by atoms with Crippen molar-refractivity contribution in [3.8, 4) is 10.6 Å². The van der Waals surface area contributed by atoms with Crippen molar-refractivity contribution in [2.24, 2.45) is 0 Å². The Morgan fingerprint density at radius 2 is 1.63 bits per heavy atom. The van der Waals surface area contributed by atoms with Crippen LogP contribution in [0.15, 0.2) is 66.7 Å². The third-order valence-electron chi connectivity index (χ3n) is 4.18. The highest BCUT2D eigenvalue weighted by Gasteiger charge is 2.30. The maximum atomic E-state index is 13.0. The molecule has 0 saturated carbocycles. The van der Waals surface area contributed by atoms with Crippen LogP contribution in [0.2, 0.25) is 0 Å². The standard InChI is InChI=1S/C21H13F4N3S2/c22-14-5-7-15(8-6-14)26-20(29)27-16-3-1-2-12(10-16)19-28-17-11-13(21(23,24)25)4-9-18(17)30-19/h1-11H,(H2,26,27,29). The molecule has 1 aromatic heterocycles. The largest absolute Gasteiger partial charge is 0.416 e. The van der Waals surface area contributed by atoms with Crippen LogP contribution in [0.3, 0.4) is 0 Å². The molecule has 0 aliphatic carbocycles. The molecular weight excluding hydrogens is 434 g/mol. The van der Waals surface area contributed by atoms with Gasteiger partial charge in [0.1, 0.15) is 10.8 Å². The Morgan fingerprint density at radius 3 is 2.37 bits per heavy atom. The van der Waals surface area contributed by atoms with Crippen molar-refractivity contribution in [3.05, 3.63) is 78.1 Å². The number of anilines is 2. The highest BCUT2D eigenvalue weighted by Crippen LogP contribution is 2.35. The molecule has 0 aliphatic heterocycles. The van der Waals surface area contributed by atoms with E-state index >= 15 is 0 Å². The molecule has 1 heterocycles. The summed E-state index contributed by atoms with van der Waals surface area (Å²) in [5.41, 5.74) is 1.65. The number of rotatable bonds is 3. The van der Waals surface area contributed by atoms with E-state index in [1.807, 2.05) is 6.07 Å². The van der Waals surface area contributed by atoms with Crippen molar-refractivity contribution in [3.63, 3.8) is 0 Å². The fourth-order valence-corrected chi connectivity index (χ4v) is 3.96. The van der Waals surface area contributed by atoms with Gasteiger partial charge in [0.25, 0.3) is 0 Å². The number of nitrogens with zero attached hydrogens (tertiary/aromatic N) is 1. The molecule has 152 valence electrons. The lowest BCUT2D eigenvalue weighted by atomic mass is 10.2. The number of thiazole rings is 1. The highest BCUT2D eigenvalue weighted by molar-refractivity contribution is 7.80. The molecule has 0 aliphatic rings. The number of nitrogens with one attached hydrogen (secondary N) is 2. The number of hydrogen-bond acceptors (Lipinski definition) is 3. The lowest BCUT2D eigenvalue weighted by molar-refractivity contribution is -0.137. The van der Waals surface area contributed by atoms with Crippen LogP contribution in [0.25, 0.3) is 20.8 Å². The number of halogens is 4. The molecule has 0 radical (unpaired) electrons. The Labute approximate surface area is 178 Å². The summed E-state index contributed by atoms with van der Waals surface area (Å²) < 4.78 is 52.4. The van der Waals surface area contributed by atoms with E-state index in [-0.39, 0.29) is 5.82 Å². The van der Waals surface area contributed by atoms with Crippen molar-refractivity contribution >= 4 is 50.3 Å². The van der Waals surface area contributed by atoms with Crippen molar-refractivity contribution in [1.82, 2.24) is 4.98 Å². The van der Waals surface area contributed by atoms with Crippen LogP contribution in [0.5, 0.6) is 0 Å². The van der Waals surface area contributed by atoms with Gasteiger partial charge in [0.05, 0.1) is 15.8 Å². The van der Waals surface area contributed by atoms with E-state index in [4.69, 9.17) is 12.2 Å². The highest BCUT2D eigenvalue weighted by atomic mass is 32.1. The van der Waals surface area contributed by atoms with E-state index in [0.717, 1.165) is 17.7 Å². The van der Waals surface area contributed by atoms with Crippen LogP contribution in [0.4, 0.5) is 28.9 Å². The van der Waals surface area contributed by atoms with Gasteiger partial charge in [0, 0.05) is 16.9 Å². The first kappa shape index (κ1) is 20.2. The molecule has 0 spiro atoms. The summed E-state index contributed by atoms with van der Waals surface area (Å²) in [6, 6.07) is 16.6. The van der Waals surface area contributed by atoms with Crippen LogP contribution in [0, 0.1) is 5.82 Å². The van der Waals surface area contributed by atoms with E-state index in [0.29, 0.717) is 31.7 Å². The molecule has 0 atom stereocenters. The van der Waals surface area contributed by atoms with Gasteiger partial charge in [0.2, 0.25) is 0 Å². The second kappa shape index (κ2) is 8.00. The summed E-state index contributed by atoms with van der Waals surface area (Å²) >= 11 is 6.59. The van der Waals surface area contributed by atoms with Crippen LogP contribution >= 0.6 is 23.6 Å². The Morgan fingerprint density at radius 1 is 0.900 bits per heavy atom. The first-order valence-corrected chi connectivity index (χ1v) is 9.92. The van der Waals surface area contributed by atoms with Crippen molar-refractivity contribution in [2.45, 2.75) is 6.18 Å². The fourth-order valence-electron chi connectivity index (χ4n) is 2.78. The monoisotopic (exact) mass is 447 g/mol. The Hall–Kier alpha value is -3.04. The van der Waals surface area contributed by atoms with Gasteiger partial charge in [-0.05, 0) is 66.8 Å². The third kappa shape index (κ3) is 4.58. The molecule has 4 rings (SSSR count). The SMILES string of the molecule is Fc1ccc(NC(=S)Nc2cccc(-c3nc4cc(C(F)(F)F)ccc4s3)c2)cc1. The summed E-state index contributed by atoms with van der Waals surface area (Å²) in [6.07, 6.45) is -4.41.